The van der Waals surface area contributed by atoms with Gasteiger partial charge in [-0.05, 0) is 12.1 Å². The average Bonchev–Trinajstić information content (AvgIpc) is 2.35. The molecule has 1 aromatic rings. The van der Waals surface area contributed by atoms with Crippen molar-refractivity contribution in [1.82, 2.24) is 5.32 Å². The van der Waals surface area contributed by atoms with E-state index in [0.717, 1.165) is 0 Å². The van der Waals surface area contributed by atoms with Crippen LogP contribution in [0, 0.1) is 0 Å². The molecule has 0 saturated carbocycles. The maximum absolute atomic E-state index is 11.6. The van der Waals surface area contributed by atoms with E-state index in [-0.39, 0.29) is 0 Å². The zero-order chi connectivity index (χ0) is 12.0. The van der Waals surface area contributed by atoms with Crippen LogP contribution in [0.5, 0.6) is 0 Å². The van der Waals surface area contributed by atoms with Crippen LogP contribution in [0.3, 0.4) is 0 Å². The molecule has 1 N–H and O–H groups in total. The molecule has 1 aromatic carbocycles. The van der Waals surface area contributed by atoms with Gasteiger partial charge in [-0.3, -0.25) is 4.79 Å². The normalized spacial score (nSPS) is 11.6. The third kappa shape index (κ3) is 3.06. The van der Waals surface area contributed by atoms with Crippen LogP contribution in [0.4, 0.5) is 0 Å². The van der Waals surface area contributed by atoms with Crippen LogP contribution in [0.2, 0.25) is 0 Å². The molecule has 0 spiro atoms. The first-order valence-electron chi connectivity index (χ1n) is 4.69. The lowest BCUT2D eigenvalue weighted by molar-refractivity contribution is -0.153. The van der Waals surface area contributed by atoms with Crippen molar-refractivity contribution in [3.63, 3.8) is 0 Å². The number of benzene rings is 1. The van der Waals surface area contributed by atoms with Crippen molar-refractivity contribution < 1.29 is 19.1 Å². The number of carbonyl (C=O) groups is 2. The summed E-state index contributed by atoms with van der Waals surface area (Å²) >= 11 is 0. The number of hydrogen-bond acceptors (Lipinski definition) is 4. The lowest BCUT2D eigenvalue weighted by atomic mass is 10.2. The van der Waals surface area contributed by atoms with Gasteiger partial charge < -0.3 is 14.8 Å². The molecule has 0 saturated heterocycles. The second-order valence-electron chi connectivity index (χ2n) is 2.95. The van der Waals surface area contributed by atoms with Gasteiger partial charge in [0.2, 0.25) is 0 Å². The van der Waals surface area contributed by atoms with E-state index in [1.807, 2.05) is 0 Å². The molecule has 1 unspecified atom stereocenters. The Morgan fingerprint density at radius 3 is 2.38 bits per heavy atom. The van der Waals surface area contributed by atoms with E-state index in [1.54, 1.807) is 30.3 Å². The van der Waals surface area contributed by atoms with E-state index in [2.05, 4.69) is 5.32 Å². The molecule has 5 nitrogen and oxygen atoms in total. The number of methoxy groups -OCH3 is 1. The van der Waals surface area contributed by atoms with Crippen molar-refractivity contribution in [2.45, 2.75) is 6.29 Å². The summed E-state index contributed by atoms with van der Waals surface area (Å²) in [6.07, 6.45) is -1.22. The van der Waals surface area contributed by atoms with Gasteiger partial charge >= 0.3 is 5.97 Å². The Bertz CT molecular complexity index is 364. The molecule has 0 aromatic heterocycles. The first kappa shape index (κ1) is 12.2. The molecule has 0 aliphatic carbocycles. The second kappa shape index (κ2) is 5.87. The van der Waals surface area contributed by atoms with Gasteiger partial charge in [0.05, 0.1) is 5.56 Å². The van der Waals surface area contributed by atoms with E-state index in [4.69, 9.17) is 9.47 Å². The fraction of sp³-hybridized carbons (Fsp3) is 0.273. The molecule has 86 valence electrons. The van der Waals surface area contributed by atoms with E-state index in [0.29, 0.717) is 5.56 Å². The number of ether oxygens (including phenoxy) is 2. The highest BCUT2D eigenvalue weighted by molar-refractivity contribution is 5.91. The van der Waals surface area contributed by atoms with Gasteiger partial charge in [0, 0.05) is 14.2 Å². The summed E-state index contributed by atoms with van der Waals surface area (Å²) in [6, 6.07) is 8.39. The third-order valence-corrected chi connectivity index (χ3v) is 1.90. The van der Waals surface area contributed by atoms with Gasteiger partial charge in [0.15, 0.2) is 0 Å². The van der Waals surface area contributed by atoms with Gasteiger partial charge in [-0.15, -0.1) is 0 Å². The highest BCUT2D eigenvalue weighted by atomic mass is 16.7. The lowest BCUT2D eigenvalue weighted by Gasteiger charge is -2.14. The molecule has 0 aliphatic heterocycles. The monoisotopic (exact) mass is 223 g/mol. The Balaban J connectivity index is 2.66. The molecule has 16 heavy (non-hydrogen) atoms. The first-order valence-corrected chi connectivity index (χ1v) is 4.69. The number of hydrogen-bond donors (Lipinski definition) is 1. The standard InChI is InChI=1S/C11H13NO4/c1-12-9(13)11(15-2)16-10(14)8-6-4-3-5-7-8/h3-7,11H,1-2H3,(H,12,13). The first-order chi connectivity index (χ1) is 7.69. The summed E-state index contributed by atoms with van der Waals surface area (Å²) < 4.78 is 9.61. The van der Waals surface area contributed by atoms with E-state index >= 15 is 0 Å². The zero-order valence-electron chi connectivity index (χ0n) is 9.10. The summed E-state index contributed by atoms with van der Waals surface area (Å²) in [4.78, 5) is 22.7. The maximum atomic E-state index is 11.6. The largest absolute Gasteiger partial charge is 0.422 e. The smallest absolute Gasteiger partial charge is 0.340 e. The Hall–Kier alpha value is -1.88. The highest BCUT2D eigenvalue weighted by Gasteiger charge is 2.21. The summed E-state index contributed by atoms with van der Waals surface area (Å²) in [5.74, 6) is -1.11. The molecule has 0 heterocycles. The summed E-state index contributed by atoms with van der Waals surface area (Å²) in [5.41, 5.74) is 0.369. The van der Waals surface area contributed by atoms with Crippen LogP contribution in [-0.4, -0.2) is 32.3 Å². The molecular formula is C11H13NO4. The van der Waals surface area contributed by atoms with Crippen LogP contribution >= 0.6 is 0 Å². The van der Waals surface area contributed by atoms with Crippen LogP contribution in [0.1, 0.15) is 10.4 Å². The van der Waals surface area contributed by atoms with Crippen molar-refractivity contribution >= 4 is 11.9 Å². The van der Waals surface area contributed by atoms with Crippen LogP contribution in [0.15, 0.2) is 30.3 Å². The number of rotatable bonds is 4. The van der Waals surface area contributed by atoms with Gasteiger partial charge in [0.25, 0.3) is 12.2 Å². The average molecular weight is 223 g/mol. The van der Waals surface area contributed by atoms with Crippen LogP contribution in [-0.2, 0) is 14.3 Å². The van der Waals surface area contributed by atoms with E-state index in [9.17, 15) is 9.59 Å². The van der Waals surface area contributed by atoms with Crippen LogP contribution in [0.25, 0.3) is 0 Å². The fourth-order valence-corrected chi connectivity index (χ4v) is 1.07. The minimum atomic E-state index is -1.22. The Labute approximate surface area is 93.4 Å². The van der Waals surface area contributed by atoms with E-state index < -0.39 is 18.2 Å². The van der Waals surface area contributed by atoms with Gasteiger partial charge in [-0.2, -0.15) is 0 Å². The van der Waals surface area contributed by atoms with Crippen molar-refractivity contribution in [3.8, 4) is 0 Å². The maximum Gasteiger partial charge on any atom is 0.340 e. The van der Waals surface area contributed by atoms with Crippen molar-refractivity contribution in [3.05, 3.63) is 35.9 Å². The molecular weight excluding hydrogens is 210 g/mol. The molecule has 0 aliphatic rings. The number of amides is 1. The van der Waals surface area contributed by atoms with Crippen molar-refractivity contribution in [2.24, 2.45) is 0 Å². The topological polar surface area (TPSA) is 64.6 Å². The molecule has 0 radical (unpaired) electrons. The van der Waals surface area contributed by atoms with E-state index in [1.165, 1.54) is 14.2 Å². The Kier molecular flexibility index (Phi) is 4.47. The Morgan fingerprint density at radius 2 is 1.88 bits per heavy atom. The molecule has 0 bridgehead atoms. The molecule has 5 heteroatoms. The van der Waals surface area contributed by atoms with Crippen molar-refractivity contribution in [1.29, 1.82) is 0 Å². The zero-order valence-corrected chi connectivity index (χ0v) is 9.10. The number of nitrogens with one attached hydrogen (secondary N) is 1. The molecule has 1 amide bonds. The molecule has 1 rings (SSSR count). The molecule has 0 fully saturated rings. The quantitative estimate of drug-likeness (QED) is 0.598. The number of carbonyl (C=O) groups excluding carboxylic acids is 2. The van der Waals surface area contributed by atoms with Crippen LogP contribution < -0.4 is 5.32 Å². The number of likely N-dealkylation sites (N-methyl/N-ethyl adjacent to an activating group) is 1. The second-order valence-corrected chi connectivity index (χ2v) is 2.95. The molecule has 1 atom stereocenters. The predicted octanol–water partition coefficient (Wildman–Crippen LogP) is 0.562. The highest BCUT2D eigenvalue weighted by Crippen LogP contribution is 2.04. The minimum Gasteiger partial charge on any atom is -0.422 e. The third-order valence-electron chi connectivity index (χ3n) is 1.90. The SMILES string of the molecule is CNC(=O)C(OC)OC(=O)c1ccccc1. The van der Waals surface area contributed by atoms with Gasteiger partial charge in [-0.25, -0.2) is 4.79 Å². The van der Waals surface area contributed by atoms with Gasteiger partial charge in [0.1, 0.15) is 0 Å². The summed E-state index contributed by atoms with van der Waals surface area (Å²) in [5, 5.41) is 2.33. The Morgan fingerprint density at radius 1 is 1.25 bits per heavy atom. The fourth-order valence-electron chi connectivity index (χ4n) is 1.07. The minimum absolute atomic E-state index is 0.369. The summed E-state index contributed by atoms with van der Waals surface area (Å²) in [7, 11) is 2.73. The lowest BCUT2D eigenvalue weighted by Crippen LogP contribution is -2.37. The number of esters is 1. The van der Waals surface area contributed by atoms with Crippen molar-refractivity contribution in [2.75, 3.05) is 14.2 Å². The predicted molar refractivity (Wildman–Crippen MR) is 56.7 cm³/mol. The summed E-state index contributed by atoms with van der Waals surface area (Å²) in [6.45, 7) is 0. The van der Waals surface area contributed by atoms with Gasteiger partial charge in [-0.1, -0.05) is 18.2 Å².